The molecular formula is C22H28N4O. The van der Waals surface area contributed by atoms with Crippen LogP contribution in [0.2, 0.25) is 0 Å². The Morgan fingerprint density at radius 2 is 2.15 bits per heavy atom. The van der Waals surface area contributed by atoms with Gasteiger partial charge in [-0.05, 0) is 63.6 Å². The topological polar surface area (TPSA) is 62.7 Å². The molecule has 0 radical (unpaired) electrons. The zero-order chi connectivity index (χ0) is 19.0. The molecule has 0 spiro atoms. The van der Waals surface area contributed by atoms with Gasteiger partial charge in [0.25, 0.3) is 0 Å². The molecule has 3 aromatic rings. The summed E-state index contributed by atoms with van der Waals surface area (Å²) in [7, 11) is 0. The molecule has 5 heteroatoms. The highest BCUT2D eigenvalue weighted by Gasteiger charge is 2.25. The molecule has 0 fully saturated rings. The Labute approximate surface area is 160 Å². The number of hydrogen-bond acceptors (Lipinski definition) is 2. The second-order valence-corrected chi connectivity index (χ2v) is 7.54. The van der Waals surface area contributed by atoms with Crippen LogP contribution in [0.4, 0.5) is 0 Å². The SMILES string of the molecule is CCn1nc(C)c(CCC(=O)NC2CCCc3c2[nH]c2ccccc32)c1C. The molecule has 1 unspecified atom stereocenters. The molecule has 0 saturated carbocycles. The van der Waals surface area contributed by atoms with Gasteiger partial charge < -0.3 is 10.3 Å². The summed E-state index contributed by atoms with van der Waals surface area (Å²) >= 11 is 0. The van der Waals surface area contributed by atoms with Crippen molar-refractivity contribution in [3.8, 4) is 0 Å². The van der Waals surface area contributed by atoms with Crippen LogP contribution < -0.4 is 5.32 Å². The Morgan fingerprint density at radius 3 is 2.93 bits per heavy atom. The van der Waals surface area contributed by atoms with Gasteiger partial charge in [-0.3, -0.25) is 9.48 Å². The van der Waals surface area contributed by atoms with E-state index in [1.165, 1.54) is 33.4 Å². The third kappa shape index (κ3) is 3.27. The molecule has 0 bridgehead atoms. The van der Waals surface area contributed by atoms with Crippen molar-refractivity contribution in [1.29, 1.82) is 0 Å². The number of H-pyrrole nitrogens is 1. The number of carbonyl (C=O) groups is 1. The van der Waals surface area contributed by atoms with E-state index in [0.717, 1.165) is 37.9 Å². The molecule has 4 rings (SSSR count). The lowest BCUT2D eigenvalue weighted by molar-refractivity contribution is -0.121. The normalized spacial score (nSPS) is 16.5. The molecule has 1 atom stereocenters. The summed E-state index contributed by atoms with van der Waals surface area (Å²) in [6.07, 6.45) is 4.44. The molecule has 0 saturated heterocycles. The smallest absolute Gasteiger partial charge is 0.220 e. The molecule has 27 heavy (non-hydrogen) atoms. The number of rotatable bonds is 5. The zero-order valence-electron chi connectivity index (χ0n) is 16.4. The van der Waals surface area contributed by atoms with Gasteiger partial charge in [0, 0.05) is 35.3 Å². The summed E-state index contributed by atoms with van der Waals surface area (Å²) in [6.45, 7) is 7.08. The number of hydrogen-bond donors (Lipinski definition) is 2. The lowest BCUT2D eigenvalue weighted by Gasteiger charge is -2.24. The quantitative estimate of drug-likeness (QED) is 0.715. The van der Waals surface area contributed by atoms with Crippen molar-refractivity contribution in [2.45, 2.75) is 65.5 Å². The molecule has 0 aliphatic heterocycles. The van der Waals surface area contributed by atoms with E-state index in [-0.39, 0.29) is 11.9 Å². The summed E-state index contributed by atoms with van der Waals surface area (Å²) in [5.41, 5.74) is 7.17. The van der Waals surface area contributed by atoms with Gasteiger partial charge in [-0.1, -0.05) is 18.2 Å². The Kier molecular flexibility index (Phi) is 4.77. The number of aryl methyl sites for hydroxylation is 3. The lowest BCUT2D eigenvalue weighted by atomic mass is 9.91. The van der Waals surface area contributed by atoms with Gasteiger partial charge >= 0.3 is 0 Å². The van der Waals surface area contributed by atoms with Gasteiger partial charge in [-0.25, -0.2) is 0 Å². The summed E-state index contributed by atoms with van der Waals surface area (Å²) < 4.78 is 2.01. The number of amides is 1. The standard InChI is InChI=1S/C22H28N4O/c1-4-26-15(3)16(14(2)25-26)12-13-21(27)23-20-11-7-9-18-17-8-5-6-10-19(17)24-22(18)20/h5-6,8,10,20,24H,4,7,9,11-13H2,1-3H3,(H,23,27). The molecule has 2 heterocycles. The highest BCUT2D eigenvalue weighted by atomic mass is 16.1. The number of nitrogens with one attached hydrogen (secondary N) is 2. The molecule has 1 amide bonds. The number of nitrogens with zero attached hydrogens (tertiary/aromatic N) is 2. The first-order chi connectivity index (χ1) is 13.1. The minimum atomic E-state index is 0.0919. The maximum Gasteiger partial charge on any atom is 0.220 e. The van der Waals surface area contributed by atoms with Crippen LogP contribution in [0, 0.1) is 13.8 Å². The fraction of sp³-hybridized carbons (Fsp3) is 0.455. The molecule has 2 aromatic heterocycles. The van der Waals surface area contributed by atoms with Crippen molar-refractivity contribution in [2.75, 3.05) is 0 Å². The third-order valence-corrected chi connectivity index (χ3v) is 5.88. The predicted molar refractivity (Wildman–Crippen MR) is 108 cm³/mol. The van der Waals surface area contributed by atoms with E-state index in [1.54, 1.807) is 0 Å². The van der Waals surface area contributed by atoms with Gasteiger partial charge in [-0.15, -0.1) is 0 Å². The number of para-hydroxylation sites is 1. The van der Waals surface area contributed by atoms with Gasteiger partial charge in [0.1, 0.15) is 0 Å². The molecule has 1 aliphatic rings. The number of aromatic nitrogens is 3. The fourth-order valence-corrected chi connectivity index (χ4v) is 4.47. The Morgan fingerprint density at radius 1 is 1.33 bits per heavy atom. The molecule has 1 aromatic carbocycles. The van der Waals surface area contributed by atoms with Gasteiger partial charge in [0.15, 0.2) is 0 Å². The van der Waals surface area contributed by atoms with Crippen LogP contribution in [-0.2, 0) is 24.2 Å². The average molecular weight is 364 g/mol. The fourth-order valence-electron chi connectivity index (χ4n) is 4.47. The number of benzene rings is 1. The highest BCUT2D eigenvalue weighted by Crippen LogP contribution is 2.34. The highest BCUT2D eigenvalue weighted by molar-refractivity contribution is 5.85. The van der Waals surface area contributed by atoms with Crippen LogP contribution in [0.1, 0.15) is 60.4 Å². The second-order valence-electron chi connectivity index (χ2n) is 7.54. The first kappa shape index (κ1) is 17.8. The van der Waals surface area contributed by atoms with Crippen LogP contribution in [0.15, 0.2) is 24.3 Å². The maximum atomic E-state index is 12.7. The molecule has 2 N–H and O–H groups in total. The van der Waals surface area contributed by atoms with Crippen LogP contribution >= 0.6 is 0 Å². The second kappa shape index (κ2) is 7.22. The minimum absolute atomic E-state index is 0.0919. The first-order valence-electron chi connectivity index (χ1n) is 10.00. The molecule has 5 nitrogen and oxygen atoms in total. The average Bonchev–Trinajstić information content (AvgIpc) is 3.18. The zero-order valence-corrected chi connectivity index (χ0v) is 16.4. The third-order valence-electron chi connectivity index (χ3n) is 5.88. The minimum Gasteiger partial charge on any atom is -0.356 e. The van der Waals surface area contributed by atoms with E-state index in [0.29, 0.717) is 6.42 Å². The Hall–Kier alpha value is -2.56. The summed E-state index contributed by atoms with van der Waals surface area (Å²) in [4.78, 5) is 16.2. The number of aromatic amines is 1. The van der Waals surface area contributed by atoms with Crippen molar-refractivity contribution in [3.63, 3.8) is 0 Å². The van der Waals surface area contributed by atoms with E-state index in [2.05, 4.69) is 53.5 Å². The Bertz CT molecular complexity index is 982. The van der Waals surface area contributed by atoms with Gasteiger partial charge in [0.2, 0.25) is 5.91 Å². The van der Waals surface area contributed by atoms with Crippen molar-refractivity contribution in [2.24, 2.45) is 0 Å². The van der Waals surface area contributed by atoms with Crippen molar-refractivity contribution >= 4 is 16.8 Å². The van der Waals surface area contributed by atoms with Crippen LogP contribution in [0.5, 0.6) is 0 Å². The van der Waals surface area contributed by atoms with Crippen LogP contribution in [0.25, 0.3) is 10.9 Å². The van der Waals surface area contributed by atoms with E-state index >= 15 is 0 Å². The van der Waals surface area contributed by atoms with E-state index < -0.39 is 0 Å². The van der Waals surface area contributed by atoms with Crippen molar-refractivity contribution in [1.82, 2.24) is 20.1 Å². The Balaban J connectivity index is 1.46. The van der Waals surface area contributed by atoms with Crippen molar-refractivity contribution < 1.29 is 4.79 Å². The molecular weight excluding hydrogens is 336 g/mol. The molecule has 142 valence electrons. The number of carbonyl (C=O) groups excluding carboxylic acids is 1. The maximum absolute atomic E-state index is 12.7. The summed E-state index contributed by atoms with van der Waals surface area (Å²) in [5, 5.41) is 9.12. The summed E-state index contributed by atoms with van der Waals surface area (Å²) in [6, 6.07) is 8.52. The van der Waals surface area contributed by atoms with E-state index in [1.807, 2.05) is 11.6 Å². The van der Waals surface area contributed by atoms with E-state index in [4.69, 9.17) is 0 Å². The first-order valence-corrected chi connectivity index (χ1v) is 10.00. The van der Waals surface area contributed by atoms with Gasteiger partial charge in [-0.2, -0.15) is 5.10 Å². The monoisotopic (exact) mass is 364 g/mol. The lowest BCUT2D eigenvalue weighted by Crippen LogP contribution is -2.31. The largest absolute Gasteiger partial charge is 0.356 e. The molecule has 1 aliphatic carbocycles. The van der Waals surface area contributed by atoms with Crippen molar-refractivity contribution in [3.05, 3.63) is 52.5 Å². The summed E-state index contributed by atoms with van der Waals surface area (Å²) in [5.74, 6) is 0.120. The van der Waals surface area contributed by atoms with Gasteiger partial charge in [0.05, 0.1) is 11.7 Å². The van der Waals surface area contributed by atoms with Crippen LogP contribution in [-0.4, -0.2) is 20.7 Å². The number of fused-ring (bicyclic) bond motifs is 3. The van der Waals surface area contributed by atoms with E-state index in [9.17, 15) is 4.79 Å². The van der Waals surface area contributed by atoms with Crippen LogP contribution in [0.3, 0.4) is 0 Å². The predicted octanol–water partition coefficient (Wildman–Crippen LogP) is 4.13.